The molecule has 0 saturated heterocycles. The second kappa shape index (κ2) is 7.85. The minimum absolute atomic E-state index is 0.310. The molecule has 0 aliphatic carbocycles. The van der Waals surface area contributed by atoms with Crippen LogP contribution >= 0.6 is 0 Å². The van der Waals surface area contributed by atoms with E-state index < -0.39 is 23.9 Å². The number of rotatable bonds is 5. The Labute approximate surface area is 110 Å². The number of nitrogens with one attached hydrogen (secondary N) is 1. The van der Waals surface area contributed by atoms with Gasteiger partial charge in [-0.1, -0.05) is 0 Å². The van der Waals surface area contributed by atoms with E-state index in [-0.39, 0.29) is 12.6 Å². The zero-order valence-corrected chi connectivity index (χ0v) is 10.9. The number of carboxylic acids is 1. The average Bonchev–Trinajstić information content (AvgIpc) is 2.32. The third-order valence-corrected chi connectivity index (χ3v) is 2.02. The fourth-order valence-electron chi connectivity index (χ4n) is 1.06. The molecule has 106 valence electrons. The number of ether oxygens (including phenoxy) is 1. The van der Waals surface area contributed by atoms with Crippen molar-refractivity contribution < 1.29 is 29.0 Å². The molecule has 0 spiro atoms. The fourth-order valence-corrected chi connectivity index (χ4v) is 1.06. The first-order valence-electron chi connectivity index (χ1n) is 5.37. The Bertz CT molecular complexity index is 402. The van der Waals surface area contributed by atoms with Crippen LogP contribution < -0.4 is 5.32 Å². The number of imide groups is 1. The van der Waals surface area contributed by atoms with Gasteiger partial charge in [-0.3, -0.25) is 14.9 Å². The molecular weight excluding hydrogens is 256 g/mol. The van der Waals surface area contributed by atoms with E-state index in [0.717, 1.165) is 4.90 Å². The highest BCUT2D eigenvalue weighted by molar-refractivity contribution is 6.03. The molecule has 0 aliphatic rings. The van der Waals surface area contributed by atoms with Gasteiger partial charge in [-0.15, -0.1) is 0 Å². The molecule has 0 aliphatic heterocycles. The van der Waals surface area contributed by atoms with Gasteiger partial charge in [0.25, 0.3) is 5.91 Å². The van der Waals surface area contributed by atoms with Crippen molar-refractivity contribution in [3.8, 4) is 0 Å². The topological polar surface area (TPSA) is 113 Å². The molecule has 0 aromatic rings. The molecule has 0 heterocycles. The van der Waals surface area contributed by atoms with Crippen LogP contribution in [0.1, 0.15) is 13.8 Å². The van der Waals surface area contributed by atoms with Gasteiger partial charge in [0, 0.05) is 18.2 Å². The molecule has 8 nitrogen and oxygen atoms in total. The molecule has 0 aromatic heterocycles. The van der Waals surface area contributed by atoms with E-state index in [0.29, 0.717) is 12.2 Å². The number of amides is 3. The predicted octanol–water partition coefficient (Wildman–Crippen LogP) is -0.253. The molecule has 8 heteroatoms. The van der Waals surface area contributed by atoms with Gasteiger partial charge in [0.2, 0.25) is 0 Å². The first-order chi connectivity index (χ1) is 8.77. The van der Waals surface area contributed by atoms with Crippen LogP contribution in [0.4, 0.5) is 4.79 Å². The monoisotopic (exact) mass is 272 g/mol. The van der Waals surface area contributed by atoms with Crippen LogP contribution in [0, 0.1) is 0 Å². The zero-order chi connectivity index (χ0) is 15.0. The highest BCUT2D eigenvalue weighted by Crippen LogP contribution is 1.99. The normalized spacial score (nSPS) is 10.3. The predicted molar refractivity (Wildman–Crippen MR) is 64.2 cm³/mol. The zero-order valence-electron chi connectivity index (χ0n) is 10.9. The molecule has 0 rings (SSSR count). The molecule has 19 heavy (non-hydrogen) atoms. The molecule has 0 atom stereocenters. The fraction of sp³-hybridized carbons (Fsp3) is 0.455. The van der Waals surface area contributed by atoms with E-state index in [1.807, 2.05) is 5.32 Å². The van der Waals surface area contributed by atoms with E-state index in [1.165, 1.54) is 7.11 Å². The molecule has 0 radical (unpaired) electrons. The molecule has 0 aromatic carbocycles. The summed E-state index contributed by atoms with van der Waals surface area (Å²) in [7, 11) is 1.18. The standard InChI is InChI=1S/C11H16N2O6/c1-7(2)13(6-10(17)19-3)11(18)12-8(14)4-5-9(15)16/h4-5,7H,6H2,1-3H3,(H,15,16)(H,12,14,18)/b5-4+. The van der Waals surface area contributed by atoms with Gasteiger partial charge >= 0.3 is 18.0 Å². The number of hydrogen-bond donors (Lipinski definition) is 2. The van der Waals surface area contributed by atoms with Crippen molar-refractivity contribution in [2.24, 2.45) is 0 Å². The maximum atomic E-state index is 11.7. The second-order valence-corrected chi connectivity index (χ2v) is 3.76. The first-order valence-corrected chi connectivity index (χ1v) is 5.37. The van der Waals surface area contributed by atoms with Crippen molar-refractivity contribution in [3.63, 3.8) is 0 Å². The molecule has 3 amide bonds. The molecule has 0 saturated carbocycles. The Morgan fingerprint density at radius 3 is 2.26 bits per heavy atom. The van der Waals surface area contributed by atoms with Gasteiger partial charge in [-0.05, 0) is 13.8 Å². The Morgan fingerprint density at radius 1 is 1.26 bits per heavy atom. The highest BCUT2D eigenvalue weighted by Gasteiger charge is 2.21. The van der Waals surface area contributed by atoms with Crippen LogP contribution in [-0.4, -0.2) is 53.6 Å². The number of carbonyl (C=O) groups excluding carboxylic acids is 3. The van der Waals surface area contributed by atoms with E-state index in [2.05, 4.69) is 4.74 Å². The summed E-state index contributed by atoms with van der Waals surface area (Å²) in [5, 5.41) is 10.3. The summed E-state index contributed by atoms with van der Waals surface area (Å²) in [6, 6.07) is -1.14. The summed E-state index contributed by atoms with van der Waals surface area (Å²) in [6.45, 7) is 3.00. The minimum atomic E-state index is -1.31. The molecular formula is C11H16N2O6. The summed E-state index contributed by atoms with van der Waals surface area (Å²) in [5.74, 6) is -2.82. The summed E-state index contributed by atoms with van der Waals surface area (Å²) in [4.78, 5) is 45.3. The van der Waals surface area contributed by atoms with Crippen molar-refractivity contribution >= 4 is 23.9 Å². The van der Waals surface area contributed by atoms with Crippen molar-refractivity contribution in [2.75, 3.05) is 13.7 Å². The number of methoxy groups -OCH3 is 1. The van der Waals surface area contributed by atoms with Crippen molar-refractivity contribution in [2.45, 2.75) is 19.9 Å². The summed E-state index contributed by atoms with van der Waals surface area (Å²) in [5.41, 5.74) is 0. The van der Waals surface area contributed by atoms with Gasteiger partial charge in [0.15, 0.2) is 0 Å². The third kappa shape index (κ3) is 6.81. The van der Waals surface area contributed by atoms with Crippen LogP contribution in [-0.2, 0) is 19.1 Å². The van der Waals surface area contributed by atoms with Crippen LogP contribution in [0.3, 0.4) is 0 Å². The summed E-state index contributed by atoms with van der Waals surface area (Å²) < 4.78 is 4.43. The molecule has 0 unspecified atom stereocenters. The lowest BCUT2D eigenvalue weighted by molar-refractivity contribution is -0.141. The van der Waals surface area contributed by atoms with E-state index >= 15 is 0 Å². The number of hydrogen-bond acceptors (Lipinski definition) is 5. The maximum Gasteiger partial charge on any atom is 0.328 e. The minimum Gasteiger partial charge on any atom is -0.478 e. The number of carbonyl (C=O) groups is 4. The Hall–Kier alpha value is -2.38. The molecule has 2 N–H and O–H groups in total. The van der Waals surface area contributed by atoms with Crippen molar-refractivity contribution in [1.29, 1.82) is 0 Å². The van der Waals surface area contributed by atoms with Crippen LogP contribution in [0.25, 0.3) is 0 Å². The SMILES string of the molecule is COC(=O)CN(C(=O)NC(=O)/C=C/C(=O)O)C(C)C. The number of nitrogens with zero attached hydrogens (tertiary/aromatic N) is 1. The lowest BCUT2D eigenvalue weighted by atomic mass is 10.3. The Balaban J connectivity index is 4.61. The van der Waals surface area contributed by atoms with Gasteiger partial charge < -0.3 is 14.7 Å². The Morgan fingerprint density at radius 2 is 1.84 bits per heavy atom. The average molecular weight is 272 g/mol. The van der Waals surface area contributed by atoms with Gasteiger partial charge in [-0.2, -0.15) is 0 Å². The van der Waals surface area contributed by atoms with Crippen LogP contribution in [0.2, 0.25) is 0 Å². The first kappa shape index (κ1) is 16.6. The number of esters is 1. The lowest BCUT2D eigenvalue weighted by Gasteiger charge is -2.24. The highest BCUT2D eigenvalue weighted by atomic mass is 16.5. The number of aliphatic carboxylic acids is 1. The van der Waals surface area contributed by atoms with Gasteiger partial charge in [0.1, 0.15) is 6.54 Å². The van der Waals surface area contributed by atoms with Crippen molar-refractivity contribution in [3.05, 3.63) is 12.2 Å². The maximum absolute atomic E-state index is 11.7. The van der Waals surface area contributed by atoms with E-state index in [9.17, 15) is 19.2 Å². The van der Waals surface area contributed by atoms with E-state index in [1.54, 1.807) is 13.8 Å². The molecule has 0 bridgehead atoms. The largest absolute Gasteiger partial charge is 0.478 e. The quantitative estimate of drug-likeness (QED) is 0.527. The number of urea groups is 1. The summed E-state index contributed by atoms with van der Waals surface area (Å²) in [6.07, 6.45) is 1.31. The van der Waals surface area contributed by atoms with Gasteiger partial charge in [-0.25, -0.2) is 9.59 Å². The molecule has 0 fully saturated rings. The van der Waals surface area contributed by atoms with E-state index in [4.69, 9.17) is 5.11 Å². The van der Waals surface area contributed by atoms with Crippen molar-refractivity contribution in [1.82, 2.24) is 10.2 Å². The van der Waals surface area contributed by atoms with Crippen LogP contribution in [0.15, 0.2) is 12.2 Å². The lowest BCUT2D eigenvalue weighted by Crippen LogP contribution is -2.48. The number of carboxylic acid groups (broad SMARTS) is 1. The third-order valence-electron chi connectivity index (χ3n) is 2.02. The Kier molecular flexibility index (Phi) is 6.87. The smallest absolute Gasteiger partial charge is 0.328 e. The van der Waals surface area contributed by atoms with Gasteiger partial charge in [0.05, 0.1) is 7.11 Å². The summed E-state index contributed by atoms with van der Waals surface area (Å²) >= 11 is 0. The van der Waals surface area contributed by atoms with Crippen LogP contribution in [0.5, 0.6) is 0 Å². The second-order valence-electron chi connectivity index (χ2n) is 3.76.